The van der Waals surface area contributed by atoms with E-state index in [4.69, 9.17) is 5.73 Å². The topological polar surface area (TPSA) is 68.9 Å². The summed E-state index contributed by atoms with van der Waals surface area (Å²) in [6.07, 6.45) is 1.17. The van der Waals surface area contributed by atoms with Crippen molar-refractivity contribution in [1.29, 1.82) is 0 Å². The number of carbonyl (C=O) groups excluding carboxylic acids is 1. The van der Waals surface area contributed by atoms with Gasteiger partial charge in [-0.25, -0.2) is 9.97 Å². The van der Waals surface area contributed by atoms with Gasteiger partial charge in [-0.3, -0.25) is 4.79 Å². The lowest BCUT2D eigenvalue weighted by atomic mass is 10.1. The first kappa shape index (κ1) is 10.8. The summed E-state index contributed by atoms with van der Waals surface area (Å²) in [6, 6.07) is 1.71. The molecule has 0 saturated carbocycles. The minimum Gasteiger partial charge on any atom is -0.330 e. The van der Waals surface area contributed by atoms with Crippen LogP contribution in [0.2, 0.25) is 0 Å². The number of aromatic nitrogens is 2. The Morgan fingerprint density at radius 1 is 1.43 bits per heavy atom. The summed E-state index contributed by atoms with van der Waals surface area (Å²) in [4.78, 5) is 19.8. The van der Waals surface area contributed by atoms with E-state index in [1.807, 2.05) is 6.92 Å². The van der Waals surface area contributed by atoms with Crippen molar-refractivity contribution in [3.8, 4) is 0 Å². The highest BCUT2D eigenvalue weighted by Crippen LogP contribution is 2.04. The number of aryl methyl sites for hydroxylation is 2. The molecule has 0 bridgehead atoms. The van der Waals surface area contributed by atoms with Crippen LogP contribution in [0.3, 0.4) is 0 Å². The molecule has 0 aromatic carbocycles. The van der Waals surface area contributed by atoms with Crippen molar-refractivity contribution >= 4 is 5.78 Å². The van der Waals surface area contributed by atoms with Crippen molar-refractivity contribution in [3.05, 3.63) is 23.3 Å². The van der Waals surface area contributed by atoms with Gasteiger partial charge in [0.25, 0.3) is 0 Å². The summed E-state index contributed by atoms with van der Waals surface area (Å²) in [5.41, 5.74) is 6.66. The second-order valence-corrected chi connectivity index (χ2v) is 3.26. The summed E-state index contributed by atoms with van der Waals surface area (Å²) in [6.45, 7) is 4.18. The van der Waals surface area contributed by atoms with Crippen LogP contribution in [-0.2, 0) is 0 Å². The van der Waals surface area contributed by atoms with Crippen LogP contribution in [0.5, 0.6) is 0 Å². The van der Waals surface area contributed by atoms with E-state index in [-0.39, 0.29) is 5.78 Å². The molecule has 1 aromatic rings. The molecule has 2 N–H and O–H groups in total. The summed E-state index contributed by atoms with van der Waals surface area (Å²) in [5, 5.41) is 0. The van der Waals surface area contributed by atoms with Crippen molar-refractivity contribution in [2.45, 2.75) is 26.7 Å². The molecule has 76 valence electrons. The molecule has 0 unspecified atom stereocenters. The van der Waals surface area contributed by atoms with Crippen molar-refractivity contribution in [2.75, 3.05) is 6.54 Å². The largest absolute Gasteiger partial charge is 0.330 e. The Morgan fingerprint density at radius 3 is 2.71 bits per heavy atom. The predicted octanol–water partition coefficient (Wildman–Crippen LogP) is 1.02. The lowest BCUT2D eigenvalue weighted by Gasteiger charge is -2.01. The second kappa shape index (κ2) is 4.81. The Morgan fingerprint density at radius 2 is 2.14 bits per heavy atom. The molecule has 1 aromatic heterocycles. The van der Waals surface area contributed by atoms with Crippen LogP contribution in [0.4, 0.5) is 0 Å². The zero-order valence-electron chi connectivity index (χ0n) is 8.58. The van der Waals surface area contributed by atoms with Gasteiger partial charge in [-0.15, -0.1) is 0 Å². The van der Waals surface area contributed by atoms with E-state index in [1.165, 1.54) is 0 Å². The summed E-state index contributed by atoms with van der Waals surface area (Å²) >= 11 is 0. The van der Waals surface area contributed by atoms with E-state index < -0.39 is 0 Å². The second-order valence-electron chi connectivity index (χ2n) is 3.26. The maximum atomic E-state index is 11.6. The van der Waals surface area contributed by atoms with Gasteiger partial charge in [0.05, 0.1) is 0 Å². The third-order valence-corrected chi connectivity index (χ3v) is 1.86. The summed E-state index contributed by atoms with van der Waals surface area (Å²) in [7, 11) is 0. The van der Waals surface area contributed by atoms with Gasteiger partial charge in [0.15, 0.2) is 5.78 Å². The monoisotopic (exact) mass is 193 g/mol. The SMILES string of the molecule is Cc1cc(C(=O)CCCN)nc(C)n1. The number of nitrogens with two attached hydrogens (primary N) is 1. The van der Waals surface area contributed by atoms with Crippen molar-refractivity contribution in [2.24, 2.45) is 5.73 Å². The number of carbonyl (C=O) groups is 1. The molecule has 0 fully saturated rings. The Hall–Kier alpha value is -1.29. The van der Waals surface area contributed by atoms with E-state index in [1.54, 1.807) is 13.0 Å². The smallest absolute Gasteiger partial charge is 0.181 e. The minimum atomic E-state index is 0.0454. The Labute approximate surface area is 83.6 Å². The molecule has 0 aliphatic heterocycles. The number of ketones is 1. The maximum Gasteiger partial charge on any atom is 0.181 e. The lowest BCUT2D eigenvalue weighted by Crippen LogP contribution is -2.08. The normalized spacial score (nSPS) is 10.2. The maximum absolute atomic E-state index is 11.6. The highest BCUT2D eigenvalue weighted by Gasteiger charge is 2.08. The summed E-state index contributed by atoms with van der Waals surface area (Å²) < 4.78 is 0. The molecule has 1 rings (SSSR count). The van der Waals surface area contributed by atoms with Crippen LogP contribution in [-0.4, -0.2) is 22.3 Å². The van der Waals surface area contributed by atoms with Gasteiger partial charge in [0, 0.05) is 12.1 Å². The number of nitrogens with zero attached hydrogens (tertiary/aromatic N) is 2. The van der Waals surface area contributed by atoms with Gasteiger partial charge in [-0.1, -0.05) is 0 Å². The molecule has 0 radical (unpaired) electrons. The fraction of sp³-hybridized carbons (Fsp3) is 0.500. The molecule has 4 heteroatoms. The Kier molecular flexibility index (Phi) is 3.71. The molecule has 4 nitrogen and oxygen atoms in total. The van der Waals surface area contributed by atoms with Crippen LogP contribution < -0.4 is 5.73 Å². The van der Waals surface area contributed by atoms with Crippen LogP contribution in [0.15, 0.2) is 6.07 Å². The van der Waals surface area contributed by atoms with Crippen molar-refractivity contribution in [3.63, 3.8) is 0 Å². The minimum absolute atomic E-state index is 0.0454. The molecular formula is C10H15N3O. The summed E-state index contributed by atoms with van der Waals surface area (Å²) in [5.74, 6) is 0.685. The third kappa shape index (κ3) is 2.88. The van der Waals surface area contributed by atoms with Gasteiger partial charge < -0.3 is 5.73 Å². The van der Waals surface area contributed by atoms with Crippen LogP contribution in [0.25, 0.3) is 0 Å². The average Bonchev–Trinajstić information content (AvgIpc) is 2.12. The third-order valence-electron chi connectivity index (χ3n) is 1.86. The van der Waals surface area contributed by atoms with Crippen LogP contribution >= 0.6 is 0 Å². The fourth-order valence-corrected chi connectivity index (χ4v) is 1.25. The van der Waals surface area contributed by atoms with E-state index in [2.05, 4.69) is 9.97 Å². The molecule has 0 amide bonds. The van der Waals surface area contributed by atoms with E-state index in [0.717, 1.165) is 5.69 Å². The molecule has 0 aliphatic rings. The Balaban J connectivity index is 2.79. The number of hydrogen-bond donors (Lipinski definition) is 1. The number of Topliss-reactive ketones (excluding diaryl/α,β-unsaturated/α-hetero) is 1. The average molecular weight is 193 g/mol. The van der Waals surface area contributed by atoms with Crippen molar-refractivity contribution in [1.82, 2.24) is 9.97 Å². The van der Waals surface area contributed by atoms with Gasteiger partial charge in [-0.2, -0.15) is 0 Å². The standard InChI is InChI=1S/C10H15N3O/c1-7-6-9(13-8(2)12-7)10(14)4-3-5-11/h6H,3-5,11H2,1-2H3. The molecule has 0 saturated heterocycles. The first-order chi connectivity index (χ1) is 6.63. The van der Waals surface area contributed by atoms with Crippen LogP contribution in [0, 0.1) is 13.8 Å². The van der Waals surface area contributed by atoms with Crippen LogP contribution in [0.1, 0.15) is 34.8 Å². The van der Waals surface area contributed by atoms with E-state index in [0.29, 0.717) is 30.9 Å². The van der Waals surface area contributed by atoms with Gasteiger partial charge in [-0.05, 0) is 32.9 Å². The van der Waals surface area contributed by atoms with E-state index >= 15 is 0 Å². The Bertz CT molecular complexity index is 316. The quantitative estimate of drug-likeness (QED) is 0.725. The molecule has 0 atom stereocenters. The zero-order valence-corrected chi connectivity index (χ0v) is 8.58. The lowest BCUT2D eigenvalue weighted by molar-refractivity contribution is 0.0975. The molecule has 1 heterocycles. The van der Waals surface area contributed by atoms with Gasteiger partial charge in [0.1, 0.15) is 11.5 Å². The number of hydrogen-bond acceptors (Lipinski definition) is 4. The highest BCUT2D eigenvalue weighted by molar-refractivity contribution is 5.94. The van der Waals surface area contributed by atoms with Gasteiger partial charge >= 0.3 is 0 Å². The highest BCUT2D eigenvalue weighted by atomic mass is 16.1. The molecule has 14 heavy (non-hydrogen) atoms. The van der Waals surface area contributed by atoms with Crippen molar-refractivity contribution < 1.29 is 4.79 Å². The predicted molar refractivity (Wildman–Crippen MR) is 54.1 cm³/mol. The van der Waals surface area contributed by atoms with E-state index in [9.17, 15) is 4.79 Å². The fourth-order valence-electron chi connectivity index (χ4n) is 1.25. The molecule has 0 aliphatic carbocycles. The number of rotatable bonds is 4. The first-order valence-electron chi connectivity index (χ1n) is 4.69. The zero-order chi connectivity index (χ0) is 10.6. The molecule has 0 spiro atoms. The van der Waals surface area contributed by atoms with Gasteiger partial charge in [0.2, 0.25) is 0 Å². The molecular weight excluding hydrogens is 178 g/mol. The first-order valence-corrected chi connectivity index (χ1v) is 4.69.